The lowest BCUT2D eigenvalue weighted by molar-refractivity contribution is -0.0501. The fraction of sp³-hybridized carbons (Fsp3) is 0.571. The molecule has 12 heteroatoms. The minimum absolute atomic E-state index is 0.00659. The van der Waals surface area contributed by atoms with Crippen LogP contribution in [0.1, 0.15) is 82.9 Å². The number of nitrogens with zero attached hydrogens (tertiary/aromatic N) is 3. The molecule has 0 saturated heterocycles. The van der Waals surface area contributed by atoms with Crippen LogP contribution in [0.25, 0.3) is 10.4 Å². The molecule has 9 nitrogen and oxygen atoms in total. The number of rotatable bonds is 6. The highest BCUT2D eigenvalue weighted by atomic mass is 32.1. The molecule has 1 aliphatic heterocycles. The second-order valence-electron chi connectivity index (χ2n) is 12.1. The van der Waals surface area contributed by atoms with E-state index in [4.69, 9.17) is 14.2 Å². The summed E-state index contributed by atoms with van der Waals surface area (Å²) in [5, 5.41) is -0.00659. The molecule has 4 rings (SSSR count). The van der Waals surface area contributed by atoms with Crippen LogP contribution in [0.5, 0.6) is 5.75 Å². The van der Waals surface area contributed by atoms with E-state index in [0.717, 1.165) is 29.1 Å². The number of hydrogen-bond donors (Lipinski definition) is 0. The summed E-state index contributed by atoms with van der Waals surface area (Å²) in [5.41, 5.74) is -0.196. The van der Waals surface area contributed by atoms with Crippen molar-refractivity contribution in [2.45, 2.75) is 98.6 Å². The smallest absolute Gasteiger partial charge is 0.426 e. The van der Waals surface area contributed by atoms with E-state index in [0.29, 0.717) is 27.6 Å². The molecule has 2 aromatic rings. The van der Waals surface area contributed by atoms with Gasteiger partial charge in [-0.25, -0.2) is 14.6 Å². The molecule has 0 N–H and O–H groups in total. The van der Waals surface area contributed by atoms with Gasteiger partial charge in [0.1, 0.15) is 17.0 Å². The molecule has 2 aliphatic rings. The Morgan fingerprint density at radius 2 is 1.65 bits per heavy atom. The second-order valence-corrected chi connectivity index (χ2v) is 13.1. The summed E-state index contributed by atoms with van der Waals surface area (Å²) in [6, 6.07) is 3.11. The third-order valence-electron chi connectivity index (χ3n) is 6.40. The van der Waals surface area contributed by atoms with Crippen LogP contribution in [0, 0.1) is 12.8 Å². The van der Waals surface area contributed by atoms with E-state index in [1.54, 1.807) is 59.4 Å². The van der Waals surface area contributed by atoms with E-state index in [-0.39, 0.29) is 34.9 Å². The summed E-state index contributed by atoms with van der Waals surface area (Å²) in [7, 11) is 0. The van der Waals surface area contributed by atoms with Crippen LogP contribution in [0.3, 0.4) is 0 Å². The molecule has 0 unspecified atom stereocenters. The van der Waals surface area contributed by atoms with E-state index in [1.807, 2.05) is 6.92 Å². The predicted octanol–water partition coefficient (Wildman–Crippen LogP) is 7.15. The lowest BCUT2D eigenvalue weighted by atomic mass is 10.0. The van der Waals surface area contributed by atoms with Gasteiger partial charge in [-0.2, -0.15) is 13.7 Å². The second kappa shape index (κ2) is 10.6. The normalized spacial score (nSPS) is 16.2. The predicted molar refractivity (Wildman–Crippen MR) is 146 cm³/mol. The van der Waals surface area contributed by atoms with E-state index >= 15 is 0 Å². The van der Waals surface area contributed by atoms with Crippen molar-refractivity contribution < 1.29 is 37.4 Å². The molecule has 0 spiro atoms. The first-order valence-electron chi connectivity index (χ1n) is 13.1. The maximum Gasteiger partial charge on any atom is 0.426 e. The molecule has 1 aliphatic carbocycles. The van der Waals surface area contributed by atoms with Crippen LogP contribution in [-0.4, -0.2) is 51.8 Å². The Bertz CT molecular complexity index is 1300. The highest BCUT2D eigenvalue weighted by Crippen LogP contribution is 2.44. The van der Waals surface area contributed by atoms with Gasteiger partial charge in [0.2, 0.25) is 5.13 Å². The van der Waals surface area contributed by atoms with Gasteiger partial charge in [-0.05, 0) is 97.4 Å². The van der Waals surface area contributed by atoms with Crippen molar-refractivity contribution in [2.24, 2.45) is 5.92 Å². The number of halogens is 2. The Hall–Kier alpha value is -3.28. The summed E-state index contributed by atoms with van der Waals surface area (Å²) in [6.45, 7) is 10.8. The maximum absolute atomic E-state index is 13.4. The van der Waals surface area contributed by atoms with E-state index in [2.05, 4.69) is 4.98 Å². The van der Waals surface area contributed by atoms with E-state index in [1.165, 1.54) is 6.07 Å². The molecule has 1 saturated carbocycles. The first-order valence-corrected chi connectivity index (χ1v) is 13.9. The maximum atomic E-state index is 13.4. The minimum Gasteiger partial charge on any atom is -0.443 e. The monoisotopic (exact) mass is 579 g/mol. The van der Waals surface area contributed by atoms with Crippen molar-refractivity contribution >= 4 is 34.6 Å². The molecule has 1 atom stereocenters. The van der Waals surface area contributed by atoms with Gasteiger partial charge in [-0.15, -0.1) is 0 Å². The zero-order valence-corrected chi connectivity index (χ0v) is 24.8. The average Bonchev–Trinajstić information content (AvgIpc) is 3.48. The molecule has 40 heavy (non-hydrogen) atoms. The number of imide groups is 1. The number of carbonyl (C=O) groups excluding carboxylic acids is 3. The molecule has 1 aromatic heterocycles. The summed E-state index contributed by atoms with van der Waals surface area (Å²) < 4.78 is 42.5. The fourth-order valence-electron chi connectivity index (χ4n) is 4.51. The van der Waals surface area contributed by atoms with Gasteiger partial charge < -0.3 is 19.1 Å². The van der Waals surface area contributed by atoms with Crippen LogP contribution < -0.4 is 9.64 Å². The molecule has 2 heterocycles. The fourth-order valence-corrected chi connectivity index (χ4v) is 5.55. The molecule has 1 fully saturated rings. The SMILES string of the molecule is Cc1nc(N(C(=O)OC(C)(C)C)C(=O)OC(C)(C)C)sc1-c1cc2c(c(OC(F)F)c1)C(=O)N([C@@H](C)C1CC1)C2. The molecule has 3 amide bonds. The summed E-state index contributed by atoms with van der Waals surface area (Å²) in [4.78, 5) is 46.8. The minimum atomic E-state index is -3.13. The highest BCUT2D eigenvalue weighted by Gasteiger charge is 2.41. The van der Waals surface area contributed by atoms with Crippen molar-refractivity contribution in [2.75, 3.05) is 4.90 Å². The number of amides is 3. The number of alkyl halides is 2. The standard InChI is InChI=1S/C28H35F2N3O6S/c1-14-21(40-24(31-14)33(25(35)38-27(3,4)5)26(36)39-28(6,7)8)17-11-18-13-32(15(2)16-9-10-16)22(34)20(18)19(12-17)37-23(29)30/h11-12,15-16,23H,9-10,13H2,1-8H3/t15-/m0/s1. The van der Waals surface area contributed by atoms with Gasteiger partial charge in [0.25, 0.3) is 5.91 Å². The number of hydrogen-bond acceptors (Lipinski definition) is 8. The number of benzene rings is 1. The van der Waals surface area contributed by atoms with Crippen molar-refractivity contribution in [1.29, 1.82) is 0 Å². The van der Waals surface area contributed by atoms with Crippen molar-refractivity contribution in [1.82, 2.24) is 9.88 Å². The van der Waals surface area contributed by atoms with Gasteiger partial charge in [0.05, 0.1) is 16.1 Å². The third kappa shape index (κ3) is 6.54. The number of aryl methyl sites for hydroxylation is 1. The van der Waals surface area contributed by atoms with Gasteiger partial charge in [-0.1, -0.05) is 11.3 Å². The molecule has 1 aromatic carbocycles. The summed E-state index contributed by atoms with van der Waals surface area (Å²) >= 11 is 0.997. The van der Waals surface area contributed by atoms with Crippen molar-refractivity contribution in [3.05, 3.63) is 29.0 Å². The van der Waals surface area contributed by atoms with Crippen LogP contribution in [0.4, 0.5) is 23.5 Å². The quantitative estimate of drug-likeness (QED) is 0.358. The zero-order valence-electron chi connectivity index (χ0n) is 24.0. The highest BCUT2D eigenvalue weighted by molar-refractivity contribution is 7.19. The molecular formula is C28H35F2N3O6S. The number of aromatic nitrogens is 1. The molecule has 218 valence electrons. The Labute approximate surface area is 236 Å². The Morgan fingerprint density at radius 1 is 1.07 bits per heavy atom. The van der Waals surface area contributed by atoms with Gasteiger partial charge in [0, 0.05) is 12.6 Å². The van der Waals surface area contributed by atoms with E-state index in [9.17, 15) is 23.2 Å². The zero-order chi connectivity index (χ0) is 29.7. The lowest BCUT2D eigenvalue weighted by Gasteiger charge is -2.27. The van der Waals surface area contributed by atoms with Gasteiger partial charge in [0.15, 0.2) is 0 Å². The largest absolute Gasteiger partial charge is 0.443 e. The Kier molecular flexibility index (Phi) is 7.87. The Balaban J connectivity index is 1.75. The summed E-state index contributed by atoms with van der Waals surface area (Å²) in [6.07, 6.45) is 0.129. The lowest BCUT2D eigenvalue weighted by Crippen LogP contribution is -2.43. The topological polar surface area (TPSA) is 98.3 Å². The van der Waals surface area contributed by atoms with Crippen molar-refractivity contribution in [3.8, 4) is 16.2 Å². The van der Waals surface area contributed by atoms with Gasteiger partial charge >= 0.3 is 18.8 Å². The van der Waals surface area contributed by atoms with Crippen LogP contribution in [-0.2, 0) is 16.0 Å². The van der Waals surface area contributed by atoms with Crippen molar-refractivity contribution in [3.63, 3.8) is 0 Å². The number of fused-ring (bicyclic) bond motifs is 1. The average molecular weight is 580 g/mol. The first kappa shape index (κ1) is 29.7. The Morgan fingerprint density at radius 3 is 2.15 bits per heavy atom. The molecule has 0 radical (unpaired) electrons. The molecular weight excluding hydrogens is 544 g/mol. The first-order chi connectivity index (χ1) is 18.4. The van der Waals surface area contributed by atoms with Crippen LogP contribution >= 0.6 is 11.3 Å². The van der Waals surface area contributed by atoms with Crippen LogP contribution in [0.15, 0.2) is 12.1 Å². The molecule has 0 bridgehead atoms. The van der Waals surface area contributed by atoms with Gasteiger partial charge in [-0.3, -0.25) is 4.79 Å². The number of ether oxygens (including phenoxy) is 3. The number of anilines is 1. The third-order valence-corrected chi connectivity index (χ3v) is 7.59. The number of thiazole rings is 1. The number of carbonyl (C=O) groups is 3. The van der Waals surface area contributed by atoms with E-state index < -0.39 is 30.0 Å². The summed E-state index contributed by atoms with van der Waals surface area (Å²) in [5.74, 6) is -0.155. The van der Waals surface area contributed by atoms with Crippen LogP contribution in [0.2, 0.25) is 0 Å².